The molecule has 126 valence electrons. The van der Waals surface area contributed by atoms with E-state index in [4.69, 9.17) is 5.73 Å². The van der Waals surface area contributed by atoms with E-state index in [0.717, 1.165) is 18.5 Å². The van der Waals surface area contributed by atoms with Gasteiger partial charge in [0.25, 0.3) is 0 Å². The van der Waals surface area contributed by atoms with E-state index >= 15 is 0 Å². The average molecular weight is 323 g/mol. The lowest BCUT2D eigenvalue weighted by atomic mass is 9.96. The second-order valence-corrected chi connectivity index (χ2v) is 6.87. The molecule has 1 heterocycles. The Hall–Kier alpha value is -2.30. The zero-order valence-electron chi connectivity index (χ0n) is 14.3. The van der Waals surface area contributed by atoms with Gasteiger partial charge in [0.2, 0.25) is 0 Å². The number of aromatic nitrogens is 2. The maximum absolute atomic E-state index is 6.10. The molecule has 0 saturated carbocycles. The first-order chi connectivity index (χ1) is 11.7. The summed E-state index contributed by atoms with van der Waals surface area (Å²) >= 11 is 0. The normalized spacial score (nSPS) is 16.8. The van der Waals surface area contributed by atoms with E-state index in [1.807, 2.05) is 11.7 Å². The molecule has 3 N–H and O–H groups in total. The third kappa shape index (κ3) is 2.90. The number of anilines is 1. The van der Waals surface area contributed by atoms with Gasteiger partial charge in [-0.2, -0.15) is 5.10 Å². The summed E-state index contributed by atoms with van der Waals surface area (Å²) in [4.78, 5) is 4.55. The molecule has 2 aromatic rings. The summed E-state index contributed by atoms with van der Waals surface area (Å²) in [6, 6.07) is 6.50. The van der Waals surface area contributed by atoms with Gasteiger partial charge in [-0.25, -0.2) is 4.99 Å². The molecule has 0 unspecified atom stereocenters. The quantitative estimate of drug-likeness (QED) is 0.674. The van der Waals surface area contributed by atoms with Crippen LogP contribution in [0.4, 0.5) is 5.69 Å². The maximum Gasteiger partial charge on any atom is 0.193 e. The molecule has 4 rings (SSSR count). The van der Waals surface area contributed by atoms with Crippen molar-refractivity contribution in [3.63, 3.8) is 0 Å². The highest BCUT2D eigenvalue weighted by Crippen LogP contribution is 2.25. The molecular formula is C19H25N5. The Morgan fingerprint density at radius 3 is 2.92 bits per heavy atom. The minimum absolute atomic E-state index is 0.471. The summed E-state index contributed by atoms with van der Waals surface area (Å²) in [5, 5.41) is 7.87. The van der Waals surface area contributed by atoms with Crippen LogP contribution in [0.1, 0.15) is 47.3 Å². The van der Waals surface area contributed by atoms with Crippen LogP contribution in [-0.4, -0.2) is 15.7 Å². The van der Waals surface area contributed by atoms with Crippen LogP contribution in [-0.2, 0) is 39.3 Å². The smallest absolute Gasteiger partial charge is 0.193 e. The third-order valence-electron chi connectivity index (χ3n) is 5.22. The molecule has 0 fully saturated rings. The van der Waals surface area contributed by atoms with Gasteiger partial charge in [-0.3, -0.25) is 4.68 Å². The van der Waals surface area contributed by atoms with Crippen LogP contribution in [0.25, 0.3) is 0 Å². The monoisotopic (exact) mass is 323 g/mol. The van der Waals surface area contributed by atoms with Gasteiger partial charge in [0.15, 0.2) is 5.96 Å². The Morgan fingerprint density at radius 2 is 2.00 bits per heavy atom. The molecule has 5 nitrogen and oxygen atoms in total. The predicted molar refractivity (Wildman–Crippen MR) is 97.3 cm³/mol. The number of hydrogen-bond acceptors (Lipinski definition) is 2. The highest BCUT2D eigenvalue weighted by molar-refractivity contribution is 5.92. The highest BCUT2D eigenvalue weighted by atomic mass is 15.3. The molecular weight excluding hydrogens is 298 g/mol. The lowest BCUT2D eigenvalue weighted by Crippen LogP contribution is -2.23. The number of nitrogens with two attached hydrogens (primary N) is 1. The lowest BCUT2D eigenvalue weighted by Gasteiger charge is -2.11. The van der Waals surface area contributed by atoms with Crippen molar-refractivity contribution in [3.05, 3.63) is 46.3 Å². The fourth-order valence-electron chi connectivity index (χ4n) is 3.94. The zero-order valence-corrected chi connectivity index (χ0v) is 14.3. The number of guanidine groups is 1. The van der Waals surface area contributed by atoms with Crippen LogP contribution in [0.3, 0.4) is 0 Å². The molecule has 1 aromatic carbocycles. The maximum atomic E-state index is 6.10. The molecule has 1 aromatic heterocycles. The Morgan fingerprint density at radius 1 is 1.17 bits per heavy atom. The van der Waals surface area contributed by atoms with Gasteiger partial charge >= 0.3 is 0 Å². The van der Waals surface area contributed by atoms with Gasteiger partial charge in [0.1, 0.15) is 0 Å². The van der Waals surface area contributed by atoms with Gasteiger partial charge in [0.05, 0.1) is 17.9 Å². The summed E-state index contributed by atoms with van der Waals surface area (Å²) in [7, 11) is 2.01. The van der Waals surface area contributed by atoms with Crippen molar-refractivity contribution in [1.29, 1.82) is 0 Å². The molecule has 0 spiro atoms. The topological polar surface area (TPSA) is 68.2 Å². The number of fused-ring (bicyclic) bond motifs is 2. The van der Waals surface area contributed by atoms with E-state index < -0.39 is 0 Å². The minimum Gasteiger partial charge on any atom is -0.370 e. The number of aryl methyl sites for hydroxylation is 4. The third-order valence-corrected chi connectivity index (χ3v) is 5.22. The number of rotatable bonds is 3. The fourth-order valence-corrected chi connectivity index (χ4v) is 3.94. The second kappa shape index (κ2) is 6.30. The minimum atomic E-state index is 0.471. The lowest BCUT2D eigenvalue weighted by molar-refractivity contribution is 0.663. The molecule has 0 atom stereocenters. The molecule has 2 aliphatic carbocycles. The molecule has 0 saturated heterocycles. The van der Waals surface area contributed by atoms with Gasteiger partial charge in [0, 0.05) is 12.7 Å². The van der Waals surface area contributed by atoms with E-state index in [1.165, 1.54) is 60.2 Å². The summed E-state index contributed by atoms with van der Waals surface area (Å²) in [5.41, 5.74) is 13.9. The van der Waals surface area contributed by atoms with Gasteiger partial charge in [-0.1, -0.05) is 6.07 Å². The van der Waals surface area contributed by atoms with Gasteiger partial charge < -0.3 is 11.1 Å². The number of hydrogen-bond donors (Lipinski definition) is 2. The summed E-state index contributed by atoms with van der Waals surface area (Å²) in [5.74, 6) is 0.471. The highest BCUT2D eigenvalue weighted by Gasteiger charge is 2.18. The first kappa shape index (κ1) is 15.2. The predicted octanol–water partition coefficient (Wildman–Crippen LogP) is 2.71. The molecule has 0 bridgehead atoms. The van der Waals surface area contributed by atoms with E-state index in [1.54, 1.807) is 0 Å². The van der Waals surface area contributed by atoms with E-state index in [-0.39, 0.29) is 0 Å². The molecule has 5 heteroatoms. The van der Waals surface area contributed by atoms with Crippen LogP contribution < -0.4 is 11.1 Å². The summed E-state index contributed by atoms with van der Waals surface area (Å²) in [6.07, 6.45) is 8.33. The standard InChI is InChI=1S/C19H25N5/c1-24-18(16-7-2-3-8-17(16)23-24)12-21-19(20)22-15-10-9-13-5-4-6-14(13)11-15/h9-11H,2-8,12H2,1H3,(H3,20,21,22). The first-order valence-corrected chi connectivity index (χ1v) is 8.93. The van der Waals surface area contributed by atoms with Crippen molar-refractivity contribution in [1.82, 2.24) is 9.78 Å². The molecule has 2 aliphatic rings. The number of nitrogens with one attached hydrogen (secondary N) is 1. The van der Waals surface area contributed by atoms with E-state index in [9.17, 15) is 0 Å². The number of aliphatic imine (C=N–C) groups is 1. The Balaban J connectivity index is 1.47. The van der Waals surface area contributed by atoms with Crippen LogP contribution in [0, 0.1) is 0 Å². The summed E-state index contributed by atoms with van der Waals surface area (Å²) < 4.78 is 1.97. The van der Waals surface area contributed by atoms with Crippen molar-refractivity contribution in [3.8, 4) is 0 Å². The number of nitrogens with zero attached hydrogens (tertiary/aromatic N) is 3. The van der Waals surface area contributed by atoms with Crippen molar-refractivity contribution in [2.45, 2.75) is 51.5 Å². The average Bonchev–Trinajstić information content (AvgIpc) is 3.16. The van der Waals surface area contributed by atoms with Gasteiger partial charge in [-0.05, 0) is 73.8 Å². The SMILES string of the molecule is Cn1nc2c(c1CN=C(N)Nc1ccc3c(c1)CCC3)CCCC2. The largest absolute Gasteiger partial charge is 0.370 e. The van der Waals surface area contributed by atoms with Crippen molar-refractivity contribution >= 4 is 11.6 Å². The van der Waals surface area contributed by atoms with Crippen LogP contribution in [0.15, 0.2) is 23.2 Å². The van der Waals surface area contributed by atoms with Crippen molar-refractivity contribution in [2.75, 3.05) is 5.32 Å². The second-order valence-electron chi connectivity index (χ2n) is 6.87. The Labute approximate surface area is 143 Å². The summed E-state index contributed by atoms with van der Waals surface area (Å²) in [6.45, 7) is 0.586. The molecule has 24 heavy (non-hydrogen) atoms. The number of benzene rings is 1. The van der Waals surface area contributed by atoms with E-state index in [0.29, 0.717) is 12.5 Å². The molecule has 0 amide bonds. The molecule has 0 aliphatic heterocycles. The molecule has 0 radical (unpaired) electrons. The zero-order chi connectivity index (χ0) is 16.5. The van der Waals surface area contributed by atoms with Crippen molar-refractivity contribution in [2.24, 2.45) is 17.8 Å². The van der Waals surface area contributed by atoms with Crippen LogP contribution >= 0.6 is 0 Å². The van der Waals surface area contributed by atoms with Crippen LogP contribution in [0.5, 0.6) is 0 Å². The fraction of sp³-hybridized carbons (Fsp3) is 0.474. The van der Waals surface area contributed by atoms with Gasteiger partial charge in [-0.15, -0.1) is 0 Å². The van der Waals surface area contributed by atoms with Crippen LogP contribution in [0.2, 0.25) is 0 Å². The Kier molecular flexibility index (Phi) is 4.00. The van der Waals surface area contributed by atoms with Crippen molar-refractivity contribution < 1.29 is 0 Å². The Bertz CT molecular complexity index is 787. The van der Waals surface area contributed by atoms with E-state index in [2.05, 4.69) is 33.6 Å². The first-order valence-electron chi connectivity index (χ1n) is 8.93.